The van der Waals surface area contributed by atoms with Crippen molar-refractivity contribution in [3.63, 3.8) is 0 Å². The third-order valence-electron chi connectivity index (χ3n) is 3.01. The largest absolute Gasteiger partial charge is 0.461 e. The third kappa shape index (κ3) is 2.77. The molecule has 2 aromatic heterocycles. The maximum absolute atomic E-state index is 11.7. The van der Waals surface area contributed by atoms with Crippen molar-refractivity contribution in [3.05, 3.63) is 52.3 Å². The van der Waals surface area contributed by atoms with Gasteiger partial charge in [0.15, 0.2) is 11.3 Å². The summed E-state index contributed by atoms with van der Waals surface area (Å²) < 4.78 is 6.32. The van der Waals surface area contributed by atoms with Gasteiger partial charge in [-0.15, -0.1) is 0 Å². The fourth-order valence-corrected chi connectivity index (χ4v) is 2.36. The Morgan fingerprint density at radius 1 is 1.23 bits per heavy atom. The Morgan fingerprint density at radius 2 is 1.95 bits per heavy atom. The minimum Gasteiger partial charge on any atom is -0.461 e. The molecular weight excluding hydrogens is 325 g/mol. The second-order valence-electron chi connectivity index (χ2n) is 4.49. The van der Waals surface area contributed by atoms with Crippen molar-refractivity contribution < 1.29 is 9.53 Å². The number of esters is 1. The molecule has 112 valence electrons. The maximum Gasteiger partial charge on any atom is 0.358 e. The standard InChI is InChI=1S/C15H11Cl2N3O2/c1-2-22-15(21)12-8-14-18-11(7-13(17)20(14)19-12)9-3-5-10(16)6-4-9/h3-8H,2H2,1H3. The van der Waals surface area contributed by atoms with Crippen LogP contribution < -0.4 is 0 Å². The summed E-state index contributed by atoms with van der Waals surface area (Å²) in [5, 5.41) is 5.10. The number of halogens is 2. The zero-order chi connectivity index (χ0) is 15.7. The number of hydrogen-bond acceptors (Lipinski definition) is 4. The molecule has 1 aromatic carbocycles. The van der Waals surface area contributed by atoms with Gasteiger partial charge in [0.25, 0.3) is 0 Å². The second-order valence-corrected chi connectivity index (χ2v) is 5.31. The van der Waals surface area contributed by atoms with E-state index in [4.69, 9.17) is 27.9 Å². The summed E-state index contributed by atoms with van der Waals surface area (Å²) in [5.41, 5.74) is 2.18. The number of rotatable bonds is 3. The van der Waals surface area contributed by atoms with E-state index in [0.717, 1.165) is 5.56 Å². The normalized spacial score (nSPS) is 10.9. The van der Waals surface area contributed by atoms with Crippen molar-refractivity contribution >= 4 is 34.8 Å². The van der Waals surface area contributed by atoms with Gasteiger partial charge in [0.2, 0.25) is 0 Å². The second kappa shape index (κ2) is 5.94. The van der Waals surface area contributed by atoms with Crippen molar-refractivity contribution in [2.75, 3.05) is 6.61 Å². The fourth-order valence-electron chi connectivity index (χ4n) is 2.01. The van der Waals surface area contributed by atoms with Gasteiger partial charge in [-0.05, 0) is 19.1 Å². The Kier molecular flexibility index (Phi) is 4.00. The van der Waals surface area contributed by atoms with Crippen LogP contribution in [0.2, 0.25) is 10.2 Å². The first-order valence-electron chi connectivity index (χ1n) is 6.58. The van der Waals surface area contributed by atoms with Gasteiger partial charge < -0.3 is 4.74 Å². The lowest BCUT2D eigenvalue weighted by Gasteiger charge is -2.03. The first-order valence-corrected chi connectivity index (χ1v) is 7.33. The molecule has 0 fully saturated rings. The Morgan fingerprint density at radius 3 is 2.64 bits per heavy atom. The van der Waals surface area contributed by atoms with Crippen LogP contribution in [0.15, 0.2) is 36.4 Å². The zero-order valence-electron chi connectivity index (χ0n) is 11.6. The molecule has 0 saturated carbocycles. The molecule has 2 heterocycles. The lowest BCUT2D eigenvalue weighted by Crippen LogP contribution is -2.05. The summed E-state index contributed by atoms with van der Waals surface area (Å²) in [7, 11) is 0. The van der Waals surface area contributed by atoms with E-state index in [0.29, 0.717) is 21.5 Å². The molecule has 7 heteroatoms. The molecule has 5 nitrogen and oxygen atoms in total. The number of hydrogen-bond donors (Lipinski definition) is 0. The average Bonchev–Trinajstić information content (AvgIpc) is 2.93. The predicted molar refractivity (Wildman–Crippen MR) is 84.4 cm³/mol. The molecule has 0 saturated heterocycles. The van der Waals surface area contributed by atoms with Gasteiger partial charge in [-0.25, -0.2) is 14.3 Å². The molecule has 22 heavy (non-hydrogen) atoms. The number of fused-ring (bicyclic) bond motifs is 1. The number of benzene rings is 1. The van der Waals surface area contributed by atoms with Crippen molar-refractivity contribution in [2.45, 2.75) is 6.92 Å². The van der Waals surface area contributed by atoms with Crippen LogP contribution in [0.3, 0.4) is 0 Å². The molecule has 0 aliphatic rings. The van der Waals surface area contributed by atoms with E-state index in [1.807, 2.05) is 12.1 Å². The van der Waals surface area contributed by atoms with Gasteiger partial charge in [0.1, 0.15) is 5.15 Å². The van der Waals surface area contributed by atoms with Crippen molar-refractivity contribution in [1.82, 2.24) is 14.6 Å². The van der Waals surface area contributed by atoms with Crippen LogP contribution in [0.4, 0.5) is 0 Å². The summed E-state index contributed by atoms with van der Waals surface area (Å²) in [4.78, 5) is 16.2. The molecule has 0 bridgehead atoms. The molecule has 3 rings (SSSR count). The Balaban J connectivity index is 2.08. The minimum absolute atomic E-state index is 0.171. The zero-order valence-corrected chi connectivity index (χ0v) is 13.1. The number of ether oxygens (including phenoxy) is 1. The van der Waals surface area contributed by atoms with E-state index in [-0.39, 0.29) is 12.3 Å². The van der Waals surface area contributed by atoms with Gasteiger partial charge in [0.05, 0.1) is 12.3 Å². The van der Waals surface area contributed by atoms with E-state index in [1.165, 1.54) is 4.52 Å². The first-order chi connectivity index (χ1) is 10.6. The van der Waals surface area contributed by atoms with E-state index in [1.54, 1.807) is 31.2 Å². The summed E-state index contributed by atoms with van der Waals surface area (Å²) in [6.07, 6.45) is 0. The van der Waals surface area contributed by atoms with Gasteiger partial charge in [-0.1, -0.05) is 35.3 Å². The van der Waals surface area contributed by atoms with Crippen LogP contribution in [-0.4, -0.2) is 27.2 Å². The van der Waals surface area contributed by atoms with E-state index in [9.17, 15) is 4.79 Å². The SMILES string of the molecule is CCOC(=O)c1cc2nc(-c3ccc(Cl)cc3)cc(Cl)n2n1. The molecule has 0 atom stereocenters. The molecule has 0 aliphatic carbocycles. The molecule has 0 radical (unpaired) electrons. The number of aromatic nitrogens is 3. The highest BCUT2D eigenvalue weighted by atomic mass is 35.5. The summed E-state index contributed by atoms with van der Waals surface area (Å²) in [5.74, 6) is -0.503. The fraction of sp³-hybridized carbons (Fsp3) is 0.133. The van der Waals surface area contributed by atoms with Crippen LogP contribution in [-0.2, 0) is 4.74 Å². The quantitative estimate of drug-likeness (QED) is 0.538. The molecule has 0 spiro atoms. The van der Waals surface area contributed by atoms with E-state index in [2.05, 4.69) is 10.1 Å². The Bertz CT molecular complexity index is 844. The third-order valence-corrected chi connectivity index (χ3v) is 3.53. The molecule has 3 aromatic rings. The van der Waals surface area contributed by atoms with Crippen LogP contribution in [0.25, 0.3) is 16.9 Å². The van der Waals surface area contributed by atoms with Crippen molar-refractivity contribution in [2.24, 2.45) is 0 Å². The summed E-state index contributed by atoms with van der Waals surface area (Å²) in [6.45, 7) is 2.02. The van der Waals surface area contributed by atoms with E-state index >= 15 is 0 Å². The van der Waals surface area contributed by atoms with Gasteiger partial charge >= 0.3 is 5.97 Å². The molecule has 0 aliphatic heterocycles. The van der Waals surface area contributed by atoms with E-state index < -0.39 is 5.97 Å². The number of carbonyl (C=O) groups is 1. The first kappa shape index (κ1) is 14.8. The summed E-state index contributed by atoms with van der Waals surface area (Å²) >= 11 is 12.1. The van der Waals surface area contributed by atoms with Gasteiger partial charge in [-0.3, -0.25) is 0 Å². The summed E-state index contributed by atoms with van der Waals surface area (Å²) in [6, 6.07) is 10.5. The van der Waals surface area contributed by atoms with Gasteiger partial charge in [-0.2, -0.15) is 5.10 Å². The highest BCUT2D eigenvalue weighted by Gasteiger charge is 2.15. The number of carbonyl (C=O) groups excluding carboxylic acids is 1. The monoisotopic (exact) mass is 335 g/mol. The van der Waals surface area contributed by atoms with Crippen LogP contribution >= 0.6 is 23.2 Å². The average molecular weight is 336 g/mol. The minimum atomic E-state index is -0.503. The Hall–Kier alpha value is -2.11. The topological polar surface area (TPSA) is 56.5 Å². The predicted octanol–water partition coefficient (Wildman–Crippen LogP) is 3.88. The van der Waals surface area contributed by atoms with Crippen LogP contribution in [0.1, 0.15) is 17.4 Å². The van der Waals surface area contributed by atoms with Crippen LogP contribution in [0.5, 0.6) is 0 Å². The van der Waals surface area contributed by atoms with Crippen molar-refractivity contribution in [1.29, 1.82) is 0 Å². The smallest absolute Gasteiger partial charge is 0.358 e. The maximum atomic E-state index is 11.7. The van der Waals surface area contributed by atoms with Crippen LogP contribution in [0, 0.1) is 0 Å². The number of nitrogens with zero attached hydrogens (tertiary/aromatic N) is 3. The molecule has 0 unspecified atom stereocenters. The molecule has 0 amide bonds. The highest BCUT2D eigenvalue weighted by molar-refractivity contribution is 6.30. The molecular formula is C15H11Cl2N3O2. The highest BCUT2D eigenvalue weighted by Crippen LogP contribution is 2.24. The lowest BCUT2D eigenvalue weighted by atomic mass is 10.1. The van der Waals surface area contributed by atoms with Gasteiger partial charge in [0, 0.05) is 22.7 Å². The molecule has 0 N–H and O–H groups in total. The lowest BCUT2D eigenvalue weighted by molar-refractivity contribution is 0.0519. The Labute approximate surface area is 136 Å². The van der Waals surface area contributed by atoms with Crippen molar-refractivity contribution in [3.8, 4) is 11.3 Å².